The van der Waals surface area contributed by atoms with Crippen LogP contribution in [0, 0.1) is 0 Å². The number of hydrogen-bond donors (Lipinski definition) is 2. The van der Waals surface area contributed by atoms with E-state index in [0.717, 1.165) is 4.90 Å². The van der Waals surface area contributed by atoms with E-state index < -0.39 is 23.9 Å². The summed E-state index contributed by atoms with van der Waals surface area (Å²) >= 11 is 7.25. The molecule has 0 spiro atoms. The second kappa shape index (κ2) is 8.42. The lowest BCUT2D eigenvalue weighted by Gasteiger charge is -2.14. The molecule has 4 amide bonds. The van der Waals surface area contributed by atoms with Crippen LogP contribution < -0.4 is 10.6 Å². The molecule has 2 aromatic rings. The van der Waals surface area contributed by atoms with Crippen molar-refractivity contribution >= 4 is 45.9 Å². The van der Waals surface area contributed by atoms with Crippen molar-refractivity contribution in [1.82, 2.24) is 20.4 Å². The molecule has 1 aromatic carbocycles. The first-order chi connectivity index (χ1) is 13.0. The van der Waals surface area contributed by atoms with E-state index in [9.17, 15) is 14.4 Å². The fraction of sp³-hybridized carbons (Fsp3) is 0.312. The Labute approximate surface area is 163 Å². The highest BCUT2D eigenvalue weighted by Gasteiger charge is 2.39. The Morgan fingerprint density at radius 2 is 2.15 bits per heavy atom. The average molecular weight is 410 g/mol. The number of benzene rings is 1. The molecule has 2 N–H and O–H groups in total. The maximum atomic E-state index is 12.5. The van der Waals surface area contributed by atoms with E-state index in [1.807, 2.05) is 0 Å². The minimum absolute atomic E-state index is 0.0409. The predicted molar refractivity (Wildman–Crippen MR) is 98.2 cm³/mol. The standard InChI is InChI=1S/C16H16ClN5O4S/c1-26-8-13-20-21-15(27-13)19-12(23)6-11-14(24)22(16(25)18-11)7-9-4-2-3-5-10(9)17/h2-5,11H,6-8H2,1H3,(H,18,25)(H,19,21,23)/t11-/m1/s1. The van der Waals surface area contributed by atoms with Crippen molar-refractivity contribution in [3.05, 3.63) is 39.9 Å². The molecule has 1 aliphatic rings. The fourth-order valence-electron chi connectivity index (χ4n) is 2.50. The van der Waals surface area contributed by atoms with Crippen molar-refractivity contribution in [2.45, 2.75) is 25.6 Å². The first-order valence-electron chi connectivity index (χ1n) is 7.94. The Hall–Kier alpha value is -2.56. The molecule has 0 unspecified atom stereocenters. The molecular formula is C16H16ClN5O4S. The summed E-state index contributed by atoms with van der Waals surface area (Å²) in [5.74, 6) is -0.930. The van der Waals surface area contributed by atoms with Gasteiger partial charge in [0.2, 0.25) is 11.0 Å². The van der Waals surface area contributed by atoms with Crippen molar-refractivity contribution in [2.75, 3.05) is 12.4 Å². The molecule has 1 aliphatic heterocycles. The molecule has 0 bridgehead atoms. The molecule has 142 valence electrons. The lowest BCUT2D eigenvalue weighted by Crippen LogP contribution is -2.34. The summed E-state index contributed by atoms with van der Waals surface area (Å²) in [5.41, 5.74) is 0.646. The average Bonchev–Trinajstić information content (AvgIpc) is 3.16. The van der Waals surface area contributed by atoms with E-state index >= 15 is 0 Å². The Balaban J connectivity index is 1.59. The highest BCUT2D eigenvalue weighted by Crippen LogP contribution is 2.21. The molecule has 1 fully saturated rings. The minimum Gasteiger partial charge on any atom is -0.377 e. The zero-order chi connectivity index (χ0) is 19.4. The molecule has 0 radical (unpaired) electrons. The van der Waals surface area contributed by atoms with Crippen molar-refractivity contribution in [3.63, 3.8) is 0 Å². The van der Waals surface area contributed by atoms with Crippen LogP contribution in [0.25, 0.3) is 0 Å². The predicted octanol–water partition coefficient (Wildman–Crippen LogP) is 1.79. The molecule has 1 atom stereocenters. The van der Waals surface area contributed by atoms with E-state index in [4.69, 9.17) is 16.3 Å². The van der Waals surface area contributed by atoms with Crippen LogP contribution in [0.1, 0.15) is 17.0 Å². The number of aromatic nitrogens is 2. The van der Waals surface area contributed by atoms with Crippen LogP contribution in [-0.2, 0) is 27.5 Å². The Bertz CT molecular complexity index is 874. The van der Waals surface area contributed by atoms with Gasteiger partial charge in [-0.3, -0.25) is 14.5 Å². The number of nitrogens with one attached hydrogen (secondary N) is 2. The number of anilines is 1. The first-order valence-corrected chi connectivity index (χ1v) is 9.14. The van der Waals surface area contributed by atoms with Gasteiger partial charge in [-0.1, -0.05) is 41.1 Å². The summed E-state index contributed by atoms with van der Waals surface area (Å²) in [6, 6.07) is 5.44. The fourth-order valence-corrected chi connectivity index (χ4v) is 3.43. The molecule has 2 heterocycles. The summed E-state index contributed by atoms with van der Waals surface area (Å²) < 4.78 is 4.94. The van der Waals surface area contributed by atoms with Crippen molar-refractivity contribution in [2.24, 2.45) is 0 Å². The van der Waals surface area contributed by atoms with Gasteiger partial charge < -0.3 is 15.4 Å². The number of urea groups is 1. The number of imide groups is 1. The zero-order valence-electron chi connectivity index (χ0n) is 14.3. The summed E-state index contributed by atoms with van der Waals surface area (Å²) in [7, 11) is 1.53. The van der Waals surface area contributed by atoms with Crippen LogP contribution in [0.15, 0.2) is 24.3 Å². The third-order valence-electron chi connectivity index (χ3n) is 3.76. The van der Waals surface area contributed by atoms with Crippen molar-refractivity contribution in [1.29, 1.82) is 0 Å². The molecule has 11 heteroatoms. The van der Waals surface area contributed by atoms with Gasteiger partial charge >= 0.3 is 6.03 Å². The minimum atomic E-state index is -0.939. The molecular weight excluding hydrogens is 394 g/mol. The van der Waals surface area contributed by atoms with E-state index in [0.29, 0.717) is 27.3 Å². The third kappa shape index (κ3) is 4.59. The topological polar surface area (TPSA) is 114 Å². The van der Waals surface area contributed by atoms with E-state index in [1.54, 1.807) is 24.3 Å². The second-order valence-corrected chi connectivity index (χ2v) is 7.17. The summed E-state index contributed by atoms with van der Waals surface area (Å²) in [6.07, 6.45) is -0.206. The molecule has 1 aromatic heterocycles. The molecule has 3 rings (SSSR count). The normalized spacial score (nSPS) is 16.5. The van der Waals surface area contributed by atoms with Crippen molar-refractivity contribution in [3.8, 4) is 0 Å². The molecule has 0 saturated carbocycles. The van der Waals surface area contributed by atoms with Crippen LogP contribution in [-0.4, -0.2) is 46.1 Å². The van der Waals surface area contributed by atoms with Gasteiger partial charge in [-0.25, -0.2) is 4.79 Å². The smallest absolute Gasteiger partial charge is 0.325 e. The molecule has 27 heavy (non-hydrogen) atoms. The van der Waals surface area contributed by atoms with Gasteiger partial charge in [0, 0.05) is 12.1 Å². The summed E-state index contributed by atoms with van der Waals surface area (Å²) in [4.78, 5) is 37.8. The third-order valence-corrected chi connectivity index (χ3v) is 4.94. The number of hydrogen-bond acceptors (Lipinski definition) is 7. The number of methoxy groups -OCH3 is 1. The van der Waals surface area contributed by atoms with E-state index in [1.165, 1.54) is 18.4 Å². The quantitative estimate of drug-likeness (QED) is 0.674. The summed E-state index contributed by atoms with van der Waals surface area (Å²) in [5, 5.41) is 14.1. The maximum Gasteiger partial charge on any atom is 0.325 e. The van der Waals surface area contributed by atoms with Gasteiger partial charge in [-0.15, -0.1) is 10.2 Å². The summed E-state index contributed by atoms with van der Waals surface area (Å²) in [6.45, 7) is 0.334. The molecule has 0 aliphatic carbocycles. The molecule has 1 saturated heterocycles. The second-order valence-electron chi connectivity index (χ2n) is 5.70. The van der Waals surface area contributed by atoms with Crippen molar-refractivity contribution < 1.29 is 19.1 Å². The number of ether oxygens (including phenoxy) is 1. The lowest BCUT2D eigenvalue weighted by atomic mass is 10.1. The SMILES string of the molecule is COCc1nnc(NC(=O)C[C@H]2NC(=O)N(Cc3ccccc3Cl)C2=O)s1. The van der Waals surface area contributed by atoms with Crippen LogP contribution in [0.3, 0.4) is 0 Å². The molecule has 9 nitrogen and oxygen atoms in total. The van der Waals surface area contributed by atoms with Gasteiger partial charge in [0.05, 0.1) is 13.0 Å². The van der Waals surface area contributed by atoms with E-state index in [2.05, 4.69) is 20.8 Å². The first kappa shape index (κ1) is 19.2. The van der Waals surface area contributed by atoms with Gasteiger partial charge in [0.25, 0.3) is 5.91 Å². The number of carbonyl (C=O) groups is 3. The Morgan fingerprint density at radius 1 is 1.37 bits per heavy atom. The van der Waals surface area contributed by atoms with Crippen LogP contribution in [0.5, 0.6) is 0 Å². The number of carbonyl (C=O) groups excluding carboxylic acids is 3. The van der Waals surface area contributed by atoms with Gasteiger partial charge in [-0.05, 0) is 11.6 Å². The number of nitrogens with zero attached hydrogens (tertiary/aromatic N) is 3. The van der Waals surface area contributed by atoms with Gasteiger partial charge in [-0.2, -0.15) is 0 Å². The lowest BCUT2D eigenvalue weighted by molar-refractivity contribution is -0.130. The van der Waals surface area contributed by atoms with Crippen LogP contribution >= 0.6 is 22.9 Å². The Kier molecular flexibility index (Phi) is 5.99. The number of amides is 4. The van der Waals surface area contributed by atoms with Crippen LogP contribution in [0.2, 0.25) is 5.02 Å². The highest BCUT2D eigenvalue weighted by molar-refractivity contribution is 7.15. The highest BCUT2D eigenvalue weighted by atomic mass is 35.5. The van der Waals surface area contributed by atoms with Gasteiger partial charge in [0.1, 0.15) is 17.7 Å². The Morgan fingerprint density at radius 3 is 2.89 bits per heavy atom. The van der Waals surface area contributed by atoms with Gasteiger partial charge in [0.15, 0.2) is 0 Å². The van der Waals surface area contributed by atoms with E-state index in [-0.39, 0.29) is 13.0 Å². The largest absolute Gasteiger partial charge is 0.377 e. The zero-order valence-corrected chi connectivity index (χ0v) is 15.8. The maximum absolute atomic E-state index is 12.5. The monoisotopic (exact) mass is 409 g/mol. The number of halogens is 1. The number of rotatable bonds is 7. The van der Waals surface area contributed by atoms with Crippen LogP contribution in [0.4, 0.5) is 9.93 Å².